The molecule has 3 rings (SSSR count). The number of hydrogen-bond acceptors (Lipinski definition) is 12. The summed E-state index contributed by atoms with van der Waals surface area (Å²) >= 11 is 0. The average Bonchev–Trinajstić information content (AvgIpc) is 3.87. The third-order valence-electron chi connectivity index (χ3n) is 12.9. The van der Waals surface area contributed by atoms with Gasteiger partial charge in [-0.25, -0.2) is 19.2 Å². The first-order chi connectivity index (χ1) is 27.8. The Bertz CT molecular complexity index is 1400. The first kappa shape index (κ1) is 49.1. The van der Waals surface area contributed by atoms with E-state index in [2.05, 4.69) is 35.1 Å². The predicted molar refractivity (Wildman–Crippen MR) is 216 cm³/mol. The summed E-state index contributed by atoms with van der Waals surface area (Å²) in [6.07, 6.45) is 5.72. The minimum absolute atomic E-state index is 0.000538. The van der Waals surface area contributed by atoms with Gasteiger partial charge in [0.2, 0.25) is 23.6 Å². The number of amides is 4. The lowest BCUT2D eigenvalue weighted by molar-refractivity contribution is -0.149. The summed E-state index contributed by atoms with van der Waals surface area (Å²) in [5, 5.41) is 10.3. The van der Waals surface area contributed by atoms with Gasteiger partial charge in [-0.2, -0.15) is 0 Å². The third kappa shape index (κ3) is 14.2. The van der Waals surface area contributed by atoms with Gasteiger partial charge in [-0.3, -0.25) is 19.2 Å². The van der Waals surface area contributed by atoms with Crippen LogP contribution < -0.4 is 21.3 Å². The van der Waals surface area contributed by atoms with Crippen LogP contribution in [0.3, 0.4) is 0 Å². The van der Waals surface area contributed by atoms with Crippen LogP contribution in [0.5, 0.6) is 0 Å². The smallest absolute Gasteiger partial charge is 0.328 e. The summed E-state index contributed by atoms with van der Waals surface area (Å²) in [6, 6.07) is -3.20. The van der Waals surface area contributed by atoms with Crippen molar-refractivity contribution in [1.82, 2.24) is 21.3 Å². The van der Waals surface area contributed by atoms with Crippen molar-refractivity contribution in [2.75, 3.05) is 26.4 Å². The summed E-state index contributed by atoms with van der Waals surface area (Å²) in [6.45, 7) is 16.6. The first-order valence-electron chi connectivity index (χ1n) is 21.5. The Balaban J connectivity index is 1.87. The Kier molecular flexibility index (Phi) is 19.1. The number of esters is 4. The second kappa shape index (κ2) is 22.9. The number of nitrogens with one attached hydrogen (secondary N) is 4. The van der Waals surface area contributed by atoms with Crippen LogP contribution in [0.4, 0.5) is 0 Å². The van der Waals surface area contributed by atoms with Crippen LogP contribution in [0, 0.1) is 59.2 Å². The minimum Gasteiger partial charge on any atom is -0.464 e. The molecule has 0 spiro atoms. The van der Waals surface area contributed by atoms with Crippen molar-refractivity contribution in [2.45, 2.75) is 138 Å². The standard InChI is InChI=1S/C43H70N4O12/c1-11-36-32(18-56-40(52)22(3)44-26(7)48)16-34(20-58-42(54)24(5)46-28(9)50)38(36)30-13-14-31(15-30)39-35(21-59-43(55)25(6)47-29(10)51)17-33(37(39)12-2)19-57-41(53)23(4)45-27(8)49/h22-25,30-39H,11-21H2,1-10H3,(H,44,48)(H,45,49)(H,46,50)(H,47,51). The summed E-state index contributed by atoms with van der Waals surface area (Å²) in [4.78, 5) is 98.1. The number of rotatable bonds is 20. The fourth-order valence-corrected chi connectivity index (χ4v) is 10.7. The maximum atomic E-state index is 13.0. The lowest BCUT2D eigenvalue weighted by atomic mass is 9.72. The quantitative estimate of drug-likeness (QED) is 0.103. The summed E-state index contributed by atoms with van der Waals surface area (Å²) in [5.74, 6) is -2.30. The average molecular weight is 835 g/mol. The van der Waals surface area contributed by atoms with E-state index in [1.807, 2.05) is 0 Å². The van der Waals surface area contributed by atoms with E-state index < -0.39 is 48.0 Å². The van der Waals surface area contributed by atoms with Gasteiger partial charge in [-0.15, -0.1) is 0 Å². The Morgan fingerprint density at radius 1 is 0.441 bits per heavy atom. The summed E-state index contributed by atoms with van der Waals surface area (Å²) in [5.41, 5.74) is 0. The topological polar surface area (TPSA) is 222 Å². The van der Waals surface area contributed by atoms with Crippen LogP contribution in [-0.2, 0) is 57.3 Å². The largest absolute Gasteiger partial charge is 0.464 e. The van der Waals surface area contributed by atoms with Gasteiger partial charge in [0.25, 0.3) is 0 Å². The van der Waals surface area contributed by atoms with Crippen LogP contribution in [-0.4, -0.2) is 98.1 Å². The molecule has 3 saturated carbocycles. The van der Waals surface area contributed by atoms with Gasteiger partial charge in [-0.05, 0) is 119 Å². The molecular weight excluding hydrogens is 764 g/mol. The maximum absolute atomic E-state index is 13.0. The molecule has 0 aromatic carbocycles. The molecule has 3 aliphatic rings. The molecule has 334 valence electrons. The minimum atomic E-state index is -0.807. The molecule has 0 aromatic heterocycles. The molecule has 0 bridgehead atoms. The predicted octanol–water partition coefficient (Wildman–Crippen LogP) is 3.23. The highest BCUT2D eigenvalue weighted by Gasteiger charge is 2.52. The molecule has 59 heavy (non-hydrogen) atoms. The number of hydrogen-bond donors (Lipinski definition) is 4. The Hall–Kier alpha value is -4.24. The van der Waals surface area contributed by atoms with Crippen LogP contribution in [0.25, 0.3) is 0 Å². The van der Waals surface area contributed by atoms with Gasteiger partial charge in [-0.1, -0.05) is 26.7 Å². The Morgan fingerprint density at radius 3 is 0.932 bits per heavy atom. The molecule has 4 N–H and O–H groups in total. The third-order valence-corrected chi connectivity index (χ3v) is 12.9. The van der Waals surface area contributed by atoms with Crippen LogP contribution >= 0.6 is 0 Å². The SMILES string of the molecule is CCC1C(COC(=O)C(C)NC(C)=O)CC(COC(=O)C(C)NC(C)=O)C1C1CCC(C2C(COC(=O)C(C)NC(C)=O)CC(COC(=O)C(C)NC(C)=O)C2CC)C1. The lowest BCUT2D eigenvalue weighted by Crippen LogP contribution is -2.39. The first-order valence-corrected chi connectivity index (χ1v) is 21.5. The van der Waals surface area contributed by atoms with Gasteiger partial charge >= 0.3 is 23.9 Å². The molecule has 16 nitrogen and oxygen atoms in total. The summed E-state index contributed by atoms with van der Waals surface area (Å²) < 4.78 is 23.2. The van der Waals surface area contributed by atoms with Crippen molar-refractivity contribution in [3.63, 3.8) is 0 Å². The van der Waals surface area contributed by atoms with E-state index >= 15 is 0 Å². The van der Waals surface area contributed by atoms with Crippen LogP contribution in [0.1, 0.15) is 114 Å². The Labute approximate surface area is 349 Å². The lowest BCUT2D eigenvalue weighted by Gasteiger charge is -2.34. The van der Waals surface area contributed by atoms with E-state index in [0.717, 1.165) is 32.1 Å². The monoisotopic (exact) mass is 834 g/mol. The molecular formula is C43H70N4O12. The van der Waals surface area contributed by atoms with Crippen molar-refractivity contribution in [3.8, 4) is 0 Å². The molecule has 0 saturated heterocycles. The zero-order chi connectivity index (χ0) is 44.1. The highest BCUT2D eigenvalue weighted by molar-refractivity contribution is 5.84. The highest BCUT2D eigenvalue weighted by Crippen LogP contribution is 2.57. The van der Waals surface area contributed by atoms with Gasteiger partial charge in [0.1, 0.15) is 24.2 Å². The fourth-order valence-electron chi connectivity index (χ4n) is 10.7. The van der Waals surface area contributed by atoms with Crippen molar-refractivity contribution < 1.29 is 57.3 Å². The Morgan fingerprint density at radius 2 is 0.695 bits per heavy atom. The second-order valence-corrected chi connectivity index (χ2v) is 17.4. The number of ether oxygens (including phenoxy) is 4. The van der Waals surface area contributed by atoms with E-state index in [1.165, 1.54) is 27.7 Å². The molecule has 3 aliphatic carbocycles. The van der Waals surface area contributed by atoms with E-state index in [0.29, 0.717) is 12.8 Å². The van der Waals surface area contributed by atoms with Crippen LogP contribution in [0.15, 0.2) is 0 Å². The molecule has 0 aliphatic heterocycles. The molecule has 16 heteroatoms. The molecule has 0 heterocycles. The van der Waals surface area contributed by atoms with Gasteiger partial charge < -0.3 is 40.2 Å². The van der Waals surface area contributed by atoms with E-state index in [-0.39, 0.29) is 109 Å². The summed E-state index contributed by atoms with van der Waals surface area (Å²) in [7, 11) is 0. The molecule has 3 fully saturated rings. The van der Waals surface area contributed by atoms with Crippen LogP contribution in [0.2, 0.25) is 0 Å². The normalized spacial score (nSPS) is 29.5. The fraction of sp³-hybridized carbons (Fsp3) is 0.814. The van der Waals surface area contributed by atoms with Crippen molar-refractivity contribution in [1.29, 1.82) is 0 Å². The van der Waals surface area contributed by atoms with E-state index in [9.17, 15) is 38.4 Å². The maximum Gasteiger partial charge on any atom is 0.328 e. The number of carbonyl (C=O) groups excluding carboxylic acids is 8. The van der Waals surface area contributed by atoms with Crippen molar-refractivity contribution >= 4 is 47.5 Å². The molecule has 4 amide bonds. The van der Waals surface area contributed by atoms with Crippen molar-refractivity contribution in [2.24, 2.45) is 59.2 Å². The second-order valence-electron chi connectivity index (χ2n) is 17.4. The highest BCUT2D eigenvalue weighted by atomic mass is 16.5. The molecule has 0 radical (unpaired) electrons. The van der Waals surface area contributed by atoms with E-state index in [4.69, 9.17) is 18.9 Å². The van der Waals surface area contributed by atoms with Gasteiger partial charge in [0, 0.05) is 27.7 Å². The zero-order valence-corrected chi connectivity index (χ0v) is 36.8. The van der Waals surface area contributed by atoms with Gasteiger partial charge in [0.05, 0.1) is 26.4 Å². The van der Waals surface area contributed by atoms with E-state index in [1.54, 1.807) is 27.7 Å². The molecule has 0 aromatic rings. The zero-order valence-electron chi connectivity index (χ0n) is 36.8. The molecule has 14 unspecified atom stereocenters. The number of carbonyl (C=O) groups is 8. The van der Waals surface area contributed by atoms with Gasteiger partial charge in [0.15, 0.2) is 0 Å². The molecule has 14 atom stereocenters. The van der Waals surface area contributed by atoms with Crippen molar-refractivity contribution in [3.05, 3.63) is 0 Å².